The molecule has 2 amide bonds. The van der Waals surface area contributed by atoms with E-state index in [0.717, 1.165) is 38.9 Å². The first-order valence-electron chi connectivity index (χ1n) is 9.79. The molecule has 0 aliphatic carbocycles. The molecule has 1 heterocycles. The highest BCUT2D eigenvalue weighted by Gasteiger charge is 2.13. The lowest BCUT2D eigenvalue weighted by Gasteiger charge is -2.20. The lowest BCUT2D eigenvalue weighted by atomic mass is 10.0. The lowest BCUT2D eigenvalue weighted by Crippen LogP contribution is -2.27. The zero-order chi connectivity index (χ0) is 19.8. The predicted molar refractivity (Wildman–Crippen MR) is 113 cm³/mol. The molecule has 5 nitrogen and oxygen atoms in total. The van der Waals surface area contributed by atoms with E-state index in [-0.39, 0.29) is 5.91 Å². The third kappa shape index (κ3) is 5.54. The van der Waals surface area contributed by atoms with Crippen molar-refractivity contribution in [2.45, 2.75) is 25.7 Å². The van der Waals surface area contributed by atoms with E-state index in [2.05, 4.69) is 40.6 Å². The van der Waals surface area contributed by atoms with Crippen molar-refractivity contribution in [1.82, 2.24) is 4.90 Å². The van der Waals surface area contributed by atoms with E-state index in [9.17, 15) is 9.59 Å². The number of hydrogen-bond donors (Lipinski definition) is 2. The van der Waals surface area contributed by atoms with Gasteiger partial charge in [0.15, 0.2) is 0 Å². The molecule has 28 heavy (non-hydrogen) atoms. The largest absolute Gasteiger partial charge is 0.366 e. The Hall–Kier alpha value is -2.92. The molecule has 0 saturated carbocycles. The molecule has 0 radical (unpaired) electrons. The second-order valence-corrected chi connectivity index (χ2v) is 7.04. The van der Waals surface area contributed by atoms with Crippen LogP contribution in [-0.2, 0) is 4.79 Å². The molecule has 0 bridgehead atoms. The van der Waals surface area contributed by atoms with Crippen LogP contribution in [0.1, 0.15) is 41.6 Å². The zero-order valence-electron chi connectivity index (χ0n) is 16.1. The Morgan fingerprint density at radius 1 is 1.00 bits per heavy atom. The monoisotopic (exact) mass is 377 g/mol. The van der Waals surface area contributed by atoms with Crippen molar-refractivity contribution >= 4 is 23.1 Å². The van der Waals surface area contributed by atoms with E-state index >= 15 is 0 Å². The number of amides is 2. The van der Waals surface area contributed by atoms with Gasteiger partial charge in [-0.1, -0.05) is 48.5 Å². The summed E-state index contributed by atoms with van der Waals surface area (Å²) in [6.07, 6.45) is 5.60. The number of para-hydroxylation sites is 1. The Bertz CT molecular complexity index is 846. The average Bonchev–Trinajstić information content (AvgIpc) is 2.95. The molecular formula is C23H27N3O2. The highest BCUT2D eigenvalue weighted by molar-refractivity contribution is 6.02. The molecule has 0 aromatic heterocycles. The van der Waals surface area contributed by atoms with E-state index < -0.39 is 5.91 Å². The summed E-state index contributed by atoms with van der Waals surface area (Å²) in [5.41, 5.74) is 8.88. The summed E-state index contributed by atoms with van der Waals surface area (Å²) in [7, 11) is 0. The number of benzene rings is 2. The highest BCUT2D eigenvalue weighted by Crippen LogP contribution is 2.22. The summed E-state index contributed by atoms with van der Waals surface area (Å²) in [6, 6.07) is 17.3. The van der Waals surface area contributed by atoms with Crippen LogP contribution in [0.3, 0.4) is 0 Å². The smallest absolute Gasteiger partial charge is 0.250 e. The Balaban J connectivity index is 1.43. The summed E-state index contributed by atoms with van der Waals surface area (Å²) in [5.74, 6) is -0.631. The molecule has 0 spiro atoms. The Labute approximate surface area is 166 Å². The van der Waals surface area contributed by atoms with E-state index in [1.54, 1.807) is 24.3 Å². The maximum atomic E-state index is 12.2. The normalized spacial score (nSPS) is 14.8. The Morgan fingerprint density at radius 2 is 1.75 bits per heavy atom. The first-order valence-corrected chi connectivity index (χ1v) is 9.79. The predicted octanol–water partition coefficient (Wildman–Crippen LogP) is 3.68. The molecule has 2 aromatic rings. The van der Waals surface area contributed by atoms with Gasteiger partial charge in [-0.05, 0) is 49.1 Å². The number of carbonyl (C=O) groups excluding carboxylic acids is 2. The molecular weight excluding hydrogens is 350 g/mol. The second kappa shape index (κ2) is 9.85. The minimum absolute atomic E-state index is 0.0911. The van der Waals surface area contributed by atoms with Gasteiger partial charge in [0.2, 0.25) is 5.91 Å². The van der Waals surface area contributed by atoms with Crippen molar-refractivity contribution in [1.29, 1.82) is 0 Å². The minimum Gasteiger partial charge on any atom is -0.366 e. The molecule has 0 atom stereocenters. The summed E-state index contributed by atoms with van der Waals surface area (Å²) in [6.45, 7) is 2.91. The van der Waals surface area contributed by atoms with Crippen LogP contribution in [-0.4, -0.2) is 36.3 Å². The van der Waals surface area contributed by atoms with Gasteiger partial charge in [-0.25, -0.2) is 0 Å². The number of nitrogens with one attached hydrogen (secondary N) is 1. The second-order valence-electron chi connectivity index (χ2n) is 7.04. The minimum atomic E-state index is -0.540. The van der Waals surface area contributed by atoms with E-state index in [1.165, 1.54) is 11.1 Å². The van der Waals surface area contributed by atoms with Gasteiger partial charge in [0.1, 0.15) is 0 Å². The number of rotatable bonds is 7. The standard InChI is InChI=1S/C23H27N3O2/c24-23(28)20-11-4-5-12-21(20)25-22(27)13-7-16-26-15-6-10-19(14-17-26)18-8-2-1-3-9-18/h1-5,8-12H,6-7,13-17H2,(H2,24,28)(H,25,27). The van der Waals surface area contributed by atoms with Crippen LogP contribution in [0.4, 0.5) is 5.69 Å². The SMILES string of the molecule is NC(=O)c1ccccc1NC(=O)CCCN1CCC=C(c2ccccc2)CC1. The molecule has 0 saturated heterocycles. The molecule has 0 unspecified atom stereocenters. The fourth-order valence-electron chi connectivity index (χ4n) is 3.53. The summed E-state index contributed by atoms with van der Waals surface area (Å²) in [5, 5.41) is 2.80. The fraction of sp³-hybridized carbons (Fsp3) is 0.304. The highest BCUT2D eigenvalue weighted by atomic mass is 16.2. The molecule has 1 aliphatic rings. The lowest BCUT2D eigenvalue weighted by molar-refractivity contribution is -0.116. The molecule has 0 fully saturated rings. The molecule has 3 N–H and O–H groups in total. The maximum Gasteiger partial charge on any atom is 0.250 e. The van der Waals surface area contributed by atoms with Crippen molar-refractivity contribution < 1.29 is 9.59 Å². The van der Waals surface area contributed by atoms with E-state index in [4.69, 9.17) is 5.73 Å². The zero-order valence-corrected chi connectivity index (χ0v) is 16.1. The van der Waals surface area contributed by atoms with Crippen LogP contribution >= 0.6 is 0 Å². The summed E-state index contributed by atoms with van der Waals surface area (Å²) >= 11 is 0. The van der Waals surface area contributed by atoms with Crippen LogP contribution in [0.25, 0.3) is 5.57 Å². The number of nitrogens with two attached hydrogens (primary N) is 1. The average molecular weight is 377 g/mol. The molecule has 5 heteroatoms. The van der Waals surface area contributed by atoms with Gasteiger partial charge in [-0.3, -0.25) is 9.59 Å². The first-order chi connectivity index (χ1) is 13.6. The van der Waals surface area contributed by atoms with Crippen molar-refractivity contribution in [3.05, 3.63) is 71.8 Å². The Morgan fingerprint density at radius 3 is 2.54 bits per heavy atom. The Kier molecular flexibility index (Phi) is 6.98. The first kappa shape index (κ1) is 19.8. The van der Waals surface area contributed by atoms with Crippen LogP contribution in [0.2, 0.25) is 0 Å². The van der Waals surface area contributed by atoms with Crippen molar-refractivity contribution in [2.24, 2.45) is 5.73 Å². The van der Waals surface area contributed by atoms with Gasteiger partial charge in [0.25, 0.3) is 5.91 Å². The third-order valence-corrected chi connectivity index (χ3v) is 5.02. The number of primary amides is 1. The van der Waals surface area contributed by atoms with Crippen LogP contribution < -0.4 is 11.1 Å². The molecule has 3 rings (SSSR count). The van der Waals surface area contributed by atoms with E-state index in [0.29, 0.717) is 17.7 Å². The van der Waals surface area contributed by atoms with Crippen LogP contribution in [0.15, 0.2) is 60.7 Å². The van der Waals surface area contributed by atoms with Gasteiger partial charge < -0.3 is 16.0 Å². The van der Waals surface area contributed by atoms with Gasteiger partial charge in [0.05, 0.1) is 11.3 Å². The van der Waals surface area contributed by atoms with Gasteiger partial charge in [0, 0.05) is 19.5 Å². The maximum absolute atomic E-state index is 12.2. The quantitative estimate of drug-likeness (QED) is 0.773. The summed E-state index contributed by atoms with van der Waals surface area (Å²) in [4.78, 5) is 26.1. The van der Waals surface area contributed by atoms with Gasteiger partial charge in [-0.15, -0.1) is 0 Å². The number of hydrogen-bond acceptors (Lipinski definition) is 3. The van der Waals surface area contributed by atoms with Gasteiger partial charge in [-0.2, -0.15) is 0 Å². The van der Waals surface area contributed by atoms with Crippen molar-refractivity contribution in [3.8, 4) is 0 Å². The third-order valence-electron chi connectivity index (χ3n) is 5.02. The van der Waals surface area contributed by atoms with Crippen molar-refractivity contribution in [2.75, 3.05) is 25.0 Å². The van der Waals surface area contributed by atoms with Gasteiger partial charge >= 0.3 is 0 Å². The van der Waals surface area contributed by atoms with Crippen molar-refractivity contribution in [3.63, 3.8) is 0 Å². The van der Waals surface area contributed by atoms with Crippen LogP contribution in [0.5, 0.6) is 0 Å². The van der Waals surface area contributed by atoms with Crippen LogP contribution in [0, 0.1) is 0 Å². The molecule has 1 aliphatic heterocycles. The molecule has 2 aromatic carbocycles. The number of anilines is 1. The number of nitrogens with zero attached hydrogens (tertiary/aromatic N) is 1. The molecule has 146 valence electrons. The van der Waals surface area contributed by atoms with E-state index in [1.807, 2.05) is 6.07 Å². The topological polar surface area (TPSA) is 75.4 Å². The fourth-order valence-corrected chi connectivity index (χ4v) is 3.53. The number of carbonyl (C=O) groups is 2. The summed E-state index contributed by atoms with van der Waals surface area (Å²) < 4.78 is 0.